The molecule has 0 aromatic carbocycles. The first-order valence-corrected chi connectivity index (χ1v) is 4.03. The zero-order chi connectivity index (χ0) is 8.88. The van der Waals surface area contributed by atoms with Gasteiger partial charge in [-0.25, -0.2) is 0 Å². The van der Waals surface area contributed by atoms with Crippen LogP contribution < -0.4 is 0 Å². The normalized spacial score (nSPS) is 54.5. The van der Waals surface area contributed by atoms with Gasteiger partial charge in [0, 0.05) is 13.0 Å². The highest BCUT2D eigenvalue weighted by Crippen LogP contribution is 2.35. The van der Waals surface area contributed by atoms with Gasteiger partial charge in [-0.3, -0.25) is 4.84 Å². The van der Waals surface area contributed by atoms with Crippen LogP contribution in [0, 0.1) is 5.92 Å². The molecule has 1 heterocycles. The monoisotopic (exact) mass is 175 g/mol. The summed E-state index contributed by atoms with van der Waals surface area (Å²) < 4.78 is 0. The maximum atomic E-state index is 9.48. The van der Waals surface area contributed by atoms with E-state index in [1.54, 1.807) is 7.05 Å². The van der Waals surface area contributed by atoms with E-state index < -0.39 is 18.3 Å². The van der Waals surface area contributed by atoms with Crippen molar-refractivity contribution in [1.82, 2.24) is 5.06 Å². The summed E-state index contributed by atoms with van der Waals surface area (Å²) in [6.45, 7) is 0.371. The Morgan fingerprint density at radius 3 is 2.42 bits per heavy atom. The molecule has 1 saturated heterocycles. The third-order valence-corrected chi connectivity index (χ3v) is 2.82. The van der Waals surface area contributed by atoms with Crippen molar-refractivity contribution in [2.75, 3.05) is 13.7 Å². The summed E-state index contributed by atoms with van der Waals surface area (Å²) in [5.41, 5.74) is 0. The predicted octanol–water partition coefficient (Wildman–Crippen LogP) is -2.06. The number of nitrogens with zero attached hydrogens (tertiary/aromatic N) is 1. The van der Waals surface area contributed by atoms with Gasteiger partial charge < -0.3 is 15.3 Å². The summed E-state index contributed by atoms with van der Waals surface area (Å²) in [5, 5.41) is 29.7. The fourth-order valence-electron chi connectivity index (χ4n) is 2.08. The zero-order valence-corrected chi connectivity index (χ0v) is 6.79. The van der Waals surface area contributed by atoms with Crippen molar-refractivity contribution >= 4 is 0 Å². The maximum Gasteiger partial charge on any atom is 0.108 e. The first-order valence-electron chi connectivity index (χ1n) is 4.03. The second-order valence-corrected chi connectivity index (χ2v) is 3.47. The van der Waals surface area contributed by atoms with Crippen LogP contribution in [-0.4, -0.2) is 58.4 Å². The topological polar surface area (TPSA) is 73.2 Å². The van der Waals surface area contributed by atoms with Gasteiger partial charge in [-0.2, -0.15) is 5.06 Å². The fraction of sp³-hybridized carbons (Fsp3) is 1.00. The number of hydrogen-bond donors (Lipinski definition) is 3. The lowest BCUT2D eigenvalue weighted by molar-refractivity contribution is -0.147. The quantitative estimate of drug-likeness (QED) is 0.395. The second-order valence-electron chi connectivity index (χ2n) is 3.47. The standard InChI is InChI=1S/C7H13NO4/c1-8-4-3(2-12-8)5(9)7(11)6(4)10/h3-7,9-11H,2H2,1H3/t3-,4+,5+,6-,7-/m0/s1. The van der Waals surface area contributed by atoms with E-state index >= 15 is 0 Å². The molecule has 1 aliphatic heterocycles. The van der Waals surface area contributed by atoms with E-state index in [9.17, 15) is 15.3 Å². The van der Waals surface area contributed by atoms with Gasteiger partial charge in [0.1, 0.15) is 12.2 Å². The van der Waals surface area contributed by atoms with Crippen molar-refractivity contribution in [3.8, 4) is 0 Å². The third kappa shape index (κ3) is 0.915. The molecule has 70 valence electrons. The Morgan fingerprint density at radius 1 is 1.17 bits per heavy atom. The fourth-order valence-corrected chi connectivity index (χ4v) is 2.08. The van der Waals surface area contributed by atoms with E-state index in [0.717, 1.165) is 0 Å². The Labute approximate surface area is 70.1 Å². The molecule has 2 aliphatic rings. The Balaban J connectivity index is 2.20. The second kappa shape index (κ2) is 2.65. The molecule has 5 heteroatoms. The van der Waals surface area contributed by atoms with Crippen LogP contribution in [0.15, 0.2) is 0 Å². The van der Waals surface area contributed by atoms with Crippen LogP contribution in [0.5, 0.6) is 0 Å². The van der Waals surface area contributed by atoms with Crippen molar-refractivity contribution in [2.24, 2.45) is 5.92 Å². The molecule has 3 N–H and O–H groups in total. The predicted molar refractivity (Wildman–Crippen MR) is 39.0 cm³/mol. The highest BCUT2D eigenvalue weighted by molar-refractivity contribution is 5.03. The maximum absolute atomic E-state index is 9.48. The highest BCUT2D eigenvalue weighted by Gasteiger charge is 2.54. The molecule has 0 spiro atoms. The molecule has 2 fully saturated rings. The average Bonchev–Trinajstić information content (AvgIpc) is 2.51. The number of fused-ring (bicyclic) bond motifs is 1. The summed E-state index contributed by atoms with van der Waals surface area (Å²) in [7, 11) is 1.69. The molecule has 0 bridgehead atoms. The van der Waals surface area contributed by atoms with Crippen molar-refractivity contribution in [3.63, 3.8) is 0 Å². The van der Waals surface area contributed by atoms with Gasteiger partial charge in [0.05, 0.1) is 18.8 Å². The molecule has 5 nitrogen and oxygen atoms in total. The lowest BCUT2D eigenvalue weighted by atomic mass is 10.0. The van der Waals surface area contributed by atoms with Crippen molar-refractivity contribution in [1.29, 1.82) is 0 Å². The third-order valence-electron chi connectivity index (χ3n) is 2.82. The lowest BCUT2D eigenvalue weighted by Gasteiger charge is -2.20. The van der Waals surface area contributed by atoms with Crippen LogP contribution in [0.4, 0.5) is 0 Å². The van der Waals surface area contributed by atoms with E-state index in [2.05, 4.69) is 0 Å². The minimum Gasteiger partial charge on any atom is -0.390 e. The molecule has 0 unspecified atom stereocenters. The van der Waals surface area contributed by atoms with Crippen LogP contribution in [0.3, 0.4) is 0 Å². The number of aliphatic hydroxyl groups excluding tert-OH is 3. The van der Waals surface area contributed by atoms with Gasteiger partial charge in [0.15, 0.2) is 0 Å². The van der Waals surface area contributed by atoms with Gasteiger partial charge in [-0.15, -0.1) is 0 Å². The van der Waals surface area contributed by atoms with Gasteiger partial charge in [-0.1, -0.05) is 0 Å². The molecule has 1 saturated carbocycles. The Hall–Kier alpha value is -0.200. The van der Waals surface area contributed by atoms with Crippen molar-refractivity contribution in [3.05, 3.63) is 0 Å². The molecule has 0 aromatic rings. The molecule has 0 aromatic heterocycles. The van der Waals surface area contributed by atoms with Crippen molar-refractivity contribution in [2.45, 2.75) is 24.4 Å². The van der Waals surface area contributed by atoms with Gasteiger partial charge in [-0.05, 0) is 0 Å². The zero-order valence-electron chi connectivity index (χ0n) is 6.79. The Kier molecular flexibility index (Phi) is 1.85. The van der Waals surface area contributed by atoms with E-state index in [4.69, 9.17) is 4.84 Å². The number of rotatable bonds is 0. The average molecular weight is 175 g/mol. The summed E-state index contributed by atoms with van der Waals surface area (Å²) >= 11 is 0. The largest absolute Gasteiger partial charge is 0.390 e. The number of likely N-dealkylation sites (N-methyl/N-ethyl adjacent to an activating group) is 1. The molecular weight excluding hydrogens is 162 g/mol. The van der Waals surface area contributed by atoms with Gasteiger partial charge in [0.25, 0.3) is 0 Å². The van der Waals surface area contributed by atoms with Crippen molar-refractivity contribution < 1.29 is 20.2 Å². The van der Waals surface area contributed by atoms with Crippen LogP contribution >= 0.6 is 0 Å². The molecule has 12 heavy (non-hydrogen) atoms. The summed E-state index contributed by atoms with van der Waals surface area (Å²) in [4.78, 5) is 5.11. The number of aliphatic hydroxyl groups is 3. The summed E-state index contributed by atoms with van der Waals surface area (Å²) in [6.07, 6.45) is -2.81. The van der Waals surface area contributed by atoms with Crippen LogP contribution in [0.2, 0.25) is 0 Å². The molecule has 2 rings (SSSR count). The molecular formula is C7H13NO4. The van der Waals surface area contributed by atoms with Crippen LogP contribution in [-0.2, 0) is 4.84 Å². The van der Waals surface area contributed by atoms with Gasteiger partial charge in [0.2, 0.25) is 0 Å². The summed E-state index contributed by atoms with van der Waals surface area (Å²) in [6, 6.07) is -0.269. The number of hydrogen-bond acceptors (Lipinski definition) is 5. The first kappa shape index (κ1) is 8.40. The minimum atomic E-state index is -1.04. The van der Waals surface area contributed by atoms with Crippen LogP contribution in [0.25, 0.3) is 0 Å². The van der Waals surface area contributed by atoms with Gasteiger partial charge >= 0.3 is 0 Å². The van der Waals surface area contributed by atoms with E-state index in [1.165, 1.54) is 5.06 Å². The van der Waals surface area contributed by atoms with E-state index in [-0.39, 0.29) is 12.0 Å². The van der Waals surface area contributed by atoms with E-state index in [0.29, 0.717) is 6.61 Å². The Morgan fingerprint density at radius 2 is 1.83 bits per heavy atom. The molecule has 1 aliphatic carbocycles. The first-order chi connectivity index (χ1) is 5.63. The SMILES string of the molecule is CN1OC[C@@H]2[C@@H](O)[C@H](O)[C@@H](O)[C@@H]21. The summed E-state index contributed by atoms with van der Waals surface area (Å²) in [5.74, 6) is -0.167. The molecule has 0 radical (unpaired) electrons. The van der Waals surface area contributed by atoms with E-state index in [1.807, 2.05) is 0 Å². The van der Waals surface area contributed by atoms with Crippen LogP contribution in [0.1, 0.15) is 0 Å². The molecule has 5 atom stereocenters. The highest BCUT2D eigenvalue weighted by atomic mass is 16.7. The Bertz CT molecular complexity index is 188. The smallest absolute Gasteiger partial charge is 0.108 e. The minimum absolute atomic E-state index is 0.167. The lowest BCUT2D eigenvalue weighted by Crippen LogP contribution is -2.39. The number of hydroxylamine groups is 2. The molecule has 0 amide bonds.